The lowest BCUT2D eigenvalue weighted by Gasteiger charge is -2.08. The fraction of sp³-hybridized carbons (Fsp3) is 0.0588. The summed E-state index contributed by atoms with van der Waals surface area (Å²) in [6, 6.07) is 12.9. The number of aromatic amines is 1. The molecule has 0 spiro atoms. The van der Waals surface area contributed by atoms with Gasteiger partial charge in [-0.25, -0.2) is 48.1 Å². The van der Waals surface area contributed by atoms with Crippen molar-refractivity contribution in [1.29, 1.82) is 0 Å². The van der Waals surface area contributed by atoms with Crippen LogP contribution in [0.5, 0.6) is 0 Å². The highest BCUT2D eigenvalue weighted by molar-refractivity contribution is 6.29. The molecule has 1 N–H and O–H groups in total. The lowest BCUT2D eigenvalue weighted by molar-refractivity contribution is 0.601. The molecule has 248 valence electrons. The molecule has 0 fully saturated rings. The van der Waals surface area contributed by atoms with Crippen LogP contribution in [0.2, 0.25) is 5.15 Å². The summed E-state index contributed by atoms with van der Waals surface area (Å²) >= 11 is 5.73. The van der Waals surface area contributed by atoms with Crippen molar-refractivity contribution in [3.8, 4) is 23.0 Å². The fourth-order valence-electron chi connectivity index (χ4n) is 5.08. The maximum absolute atomic E-state index is 14.0. The van der Waals surface area contributed by atoms with Crippen LogP contribution in [-0.4, -0.2) is 48.7 Å². The molecular formula is C34H21ClF4N10O. The normalized spacial score (nSPS) is 11.1. The molecule has 6 heterocycles. The Morgan fingerprint density at radius 1 is 0.640 bits per heavy atom. The van der Waals surface area contributed by atoms with Gasteiger partial charge < -0.3 is 13.8 Å². The van der Waals surface area contributed by atoms with Crippen molar-refractivity contribution in [1.82, 2.24) is 48.7 Å². The van der Waals surface area contributed by atoms with E-state index in [0.29, 0.717) is 45.2 Å². The molecular weight excluding hydrogens is 676 g/mol. The zero-order chi connectivity index (χ0) is 34.8. The zero-order valence-corrected chi connectivity index (χ0v) is 26.2. The van der Waals surface area contributed by atoms with E-state index in [2.05, 4.69) is 39.9 Å². The second-order valence-corrected chi connectivity index (χ2v) is 11.1. The number of aromatic nitrogens is 10. The van der Waals surface area contributed by atoms with Crippen LogP contribution in [0.4, 0.5) is 17.6 Å². The van der Waals surface area contributed by atoms with Gasteiger partial charge in [-0.3, -0.25) is 4.79 Å². The molecule has 8 aromatic rings. The first-order chi connectivity index (χ1) is 24.2. The molecule has 8 rings (SSSR count). The first-order valence-electron chi connectivity index (χ1n) is 14.8. The van der Waals surface area contributed by atoms with Crippen molar-refractivity contribution in [2.24, 2.45) is 0 Å². The van der Waals surface area contributed by atoms with Crippen LogP contribution in [0.25, 0.3) is 34.3 Å². The Morgan fingerprint density at radius 2 is 1.18 bits per heavy atom. The molecule has 2 aromatic carbocycles. The van der Waals surface area contributed by atoms with Gasteiger partial charge >= 0.3 is 0 Å². The van der Waals surface area contributed by atoms with Crippen molar-refractivity contribution in [2.45, 2.75) is 12.8 Å². The number of imidazole rings is 2. The van der Waals surface area contributed by atoms with Gasteiger partial charge in [0.15, 0.2) is 33.9 Å². The highest BCUT2D eigenvalue weighted by Gasteiger charge is 2.16. The minimum absolute atomic E-state index is 0.122. The summed E-state index contributed by atoms with van der Waals surface area (Å²) in [5.41, 5.74) is 3.03. The number of nitrogens with zero attached hydrogens (tertiary/aromatic N) is 9. The number of rotatable bonds is 6. The van der Waals surface area contributed by atoms with Gasteiger partial charge in [0.25, 0.3) is 5.56 Å². The van der Waals surface area contributed by atoms with Crippen LogP contribution in [0.1, 0.15) is 22.5 Å². The van der Waals surface area contributed by atoms with E-state index in [1.54, 1.807) is 82.4 Å². The molecule has 0 radical (unpaired) electrons. The summed E-state index contributed by atoms with van der Waals surface area (Å²) in [6.45, 7) is 0. The number of benzene rings is 2. The highest BCUT2D eigenvalue weighted by atomic mass is 35.5. The average Bonchev–Trinajstić information content (AvgIpc) is 3.80. The first kappa shape index (κ1) is 32.2. The van der Waals surface area contributed by atoms with Crippen LogP contribution < -0.4 is 5.56 Å². The van der Waals surface area contributed by atoms with Crippen molar-refractivity contribution in [3.05, 3.63) is 159 Å². The van der Waals surface area contributed by atoms with Crippen LogP contribution in [-0.2, 0) is 12.8 Å². The standard InChI is InChI=1S/C17H10ClF2N5.C17H11F2N5O/c18-15-12(20)8-22-16(24-15)14-9-25-6-5-21-17(25)13(23-14)7-10-3-1-2-4-11(10)19;18-11-4-2-1-3-10(11)7-13-16-20-5-6-24(16)9-14(22-13)15-21-8-12(19)17(25)23-15/h1-6,8-9H,7H2;1-6,8-9H,7H2,(H,21,23,25). The largest absolute Gasteiger partial charge is 0.303 e. The lowest BCUT2D eigenvalue weighted by atomic mass is 10.1. The molecule has 11 nitrogen and oxygen atoms in total. The molecule has 0 saturated carbocycles. The Labute approximate surface area is 284 Å². The number of hydrogen-bond acceptors (Lipinski definition) is 8. The summed E-state index contributed by atoms with van der Waals surface area (Å²) < 4.78 is 57.8. The van der Waals surface area contributed by atoms with Gasteiger partial charge in [-0.1, -0.05) is 48.0 Å². The first-order valence-corrected chi connectivity index (χ1v) is 15.2. The van der Waals surface area contributed by atoms with E-state index in [0.717, 1.165) is 12.4 Å². The zero-order valence-electron chi connectivity index (χ0n) is 25.5. The Balaban J connectivity index is 0.000000157. The molecule has 0 saturated heterocycles. The summed E-state index contributed by atoms with van der Waals surface area (Å²) in [6.07, 6.45) is 12.2. The van der Waals surface area contributed by atoms with Crippen LogP contribution >= 0.6 is 11.6 Å². The van der Waals surface area contributed by atoms with Crippen LogP contribution in [0.3, 0.4) is 0 Å². The molecule has 0 bridgehead atoms. The number of fused-ring (bicyclic) bond motifs is 2. The maximum atomic E-state index is 14.0. The molecule has 50 heavy (non-hydrogen) atoms. The smallest absolute Gasteiger partial charge is 0.287 e. The van der Waals surface area contributed by atoms with E-state index < -0.39 is 17.2 Å². The molecule has 0 aliphatic rings. The van der Waals surface area contributed by atoms with Gasteiger partial charge in [-0.15, -0.1) is 0 Å². The van der Waals surface area contributed by atoms with Crippen molar-refractivity contribution >= 4 is 22.9 Å². The molecule has 0 unspecified atom stereocenters. The second-order valence-electron chi connectivity index (χ2n) is 10.7. The predicted molar refractivity (Wildman–Crippen MR) is 174 cm³/mol. The molecule has 16 heteroatoms. The summed E-state index contributed by atoms with van der Waals surface area (Å²) in [5.74, 6) is -2.04. The predicted octanol–water partition coefficient (Wildman–Crippen LogP) is 6.06. The van der Waals surface area contributed by atoms with E-state index in [9.17, 15) is 22.4 Å². The molecule has 0 amide bonds. The Bertz CT molecular complexity index is 2570. The monoisotopic (exact) mass is 696 g/mol. The Hall–Kier alpha value is -6.35. The third-order valence-electron chi connectivity index (χ3n) is 7.45. The molecule has 0 aliphatic heterocycles. The SMILES string of the molecule is Fc1ccccc1Cc1nc(-c2ncc(F)c(Cl)n2)cn2ccnc12.O=c1[nH]c(-c2cn3ccnc3c(Cc3ccccc3F)n2)ncc1F. The second kappa shape index (κ2) is 13.6. The number of nitrogens with one attached hydrogen (secondary N) is 1. The van der Waals surface area contributed by atoms with E-state index in [-0.39, 0.29) is 41.3 Å². The maximum Gasteiger partial charge on any atom is 0.287 e. The van der Waals surface area contributed by atoms with Crippen molar-refractivity contribution in [3.63, 3.8) is 0 Å². The van der Waals surface area contributed by atoms with Gasteiger partial charge in [0, 0.05) is 50.0 Å². The van der Waals surface area contributed by atoms with E-state index >= 15 is 0 Å². The van der Waals surface area contributed by atoms with E-state index in [1.807, 2.05) is 0 Å². The number of halogens is 5. The van der Waals surface area contributed by atoms with Crippen LogP contribution in [0.15, 0.2) is 103 Å². The third kappa shape index (κ3) is 6.66. The summed E-state index contributed by atoms with van der Waals surface area (Å²) in [4.78, 5) is 43.0. The van der Waals surface area contributed by atoms with Crippen molar-refractivity contribution in [2.75, 3.05) is 0 Å². The van der Waals surface area contributed by atoms with Gasteiger partial charge in [-0.05, 0) is 23.3 Å². The third-order valence-corrected chi connectivity index (χ3v) is 7.71. The minimum atomic E-state index is -0.973. The molecule has 0 atom stereocenters. The van der Waals surface area contributed by atoms with Gasteiger partial charge in [0.05, 0.1) is 23.8 Å². The Morgan fingerprint density at radius 3 is 1.74 bits per heavy atom. The topological polar surface area (TPSA) is 132 Å². The number of hydrogen-bond donors (Lipinski definition) is 1. The summed E-state index contributed by atoms with van der Waals surface area (Å²) in [5, 5.41) is -0.284. The van der Waals surface area contributed by atoms with Gasteiger partial charge in [-0.2, -0.15) is 4.39 Å². The van der Waals surface area contributed by atoms with Gasteiger partial charge in [0.1, 0.15) is 23.0 Å². The molecule has 6 aromatic heterocycles. The lowest BCUT2D eigenvalue weighted by Crippen LogP contribution is -2.13. The molecule has 0 aliphatic carbocycles. The quantitative estimate of drug-likeness (QED) is 0.164. The Kier molecular flexibility index (Phi) is 8.79. The summed E-state index contributed by atoms with van der Waals surface area (Å²) in [7, 11) is 0. The van der Waals surface area contributed by atoms with Crippen molar-refractivity contribution < 1.29 is 17.6 Å². The minimum Gasteiger partial charge on any atom is -0.303 e. The average molecular weight is 697 g/mol. The van der Waals surface area contributed by atoms with Gasteiger partial charge in [0.2, 0.25) is 5.82 Å². The van der Waals surface area contributed by atoms with Crippen LogP contribution in [0, 0.1) is 23.3 Å². The van der Waals surface area contributed by atoms with E-state index in [4.69, 9.17) is 11.6 Å². The number of H-pyrrole nitrogens is 1. The highest BCUT2D eigenvalue weighted by Crippen LogP contribution is 2.22. The fourth-order valence-corrected chi connectivity index (χ4v) is 5.20. The van der Waals surface area contributed by atoms with E-state index in [1.165, 1.54) is 12.1 Å².